The number of sulfone groups is 1. The third-order valence-corrected chi connectivity index (χ3v) is 6.20. The summed E-state index contributed by atoms with van der Waals surface area (Å²) < 4.78 is 30.4. The molecule has 0 aliphatic carbocycles. The van der Waals surface area contributed by atoms with E-state index in [1.807, 2.05) is 0 Å². The quantitative estimate of drug-likeness (QED) is 0.797. The SMILES string of the molecule is COC(=O)c1cccn2c(CC3CCCS3(=O)=O)ncc12. The number of fused-ring (bicyclic) bond motifs is 1. The highest BCUT2D eigenvalue weighted by atomic mass is 32.2. The second-order valence-corrected chi connectivity index (χ2v) is 7.58. The van der Waals surface area contributed by atoms with Crippen molar-refractivity contribution in [3.8, 4) is 0 Å². The lowest BCUT2D eigenvalue weighted by atomic mass is 10.2. The minimum Gasteiger partial charge on any atom is -0.465 e. The molecule has 0 N–H and O–H groups in total. The highest BCUT2D eigenvalue weighted by Crippen LogP contribution is 2.24. The lowest BCUT2D eigenvalue weighted by molar-refractivity contribution is 0.0602. The molecule has 0 radical (unpaired) electrons. The van der Waals surface area contributed by atoms with Crippen LogP contribution in [0.15, 0.2) is 24.5 Å². The molecule has 1 saturated heterocycles. The van der Waals surface area contributed by atoms with Gasteiger partial charge in [0.25, 0.3) is 0 Å². The Morgan fingerprint density at radius 2 is 2.33 bits per heavy atom. The summed E-state index contributed by atoms with van der Waals surface area (Å²) in [6, 6.07) is 3.40. The topological polar surface area (TPSA) is 77.7 Å². The van der Waals surface area contributed by atoms with Crippen LogP contribution in [-0.4, -0.2) is 41.9 Å². The maximum atomic E-state index is 11.9. The van der Waals surface area contributed by atoms with Crippen molar-refractivity contribution in [3.05, 3.63) is 35.9 Å². The molecule has 0 spiro atoms. The fourth-order valence-corrected chi connectivity index (χ4v) is 4.63. The van der Waals surface area contributed by atoms with E-state index in [1.165, 1.54) is 7.11 Å². The average Bonchev–Trinajstić information content (AvgIpc) is 3.02. The zero-order valence-corrected chi connectivity index (χ0v) is 12.5. The minimum absolute atomic E-state index is 0.258. The molecule has 1 fully saturated rings. The van der Waals surface area contributed by atoms with Gasteiger partial charge in [-0.05, 0) is 25.0 Å². The van der Waals surface area contributed by atoms with Crippen molar-refractivity contribution in [3.63, 3.8) is 0 Å². The summed E-state index contributed by atoms with van der Waals surface area (Å²) in [7, 11) is -1.68. The van der Waals surface area contributed by atoms with Gasteiger partial charge >= 0.3 is 5.97 Å². The Morgan fingerprint density at radius 1 is 1.52 bits per heavy atom. The number of carbonyl (C=O) groups is 1. The normalized spacial score (nSPS) is 20.7. The molecule has 0 amide bonds. The van der Waals surface area contributed by atoms with Crippen LogP contribution < -0.4 is 0 Å². The van der Waals surface area contributed by atoms with Crippen molar-refractivity contribution >= 4 is 21.3 Å². The van der Waals surface area contributed by atoms with Gasteiger partial charge in [-0.3, -0.25) is 0 Å². The monoisotopic (exact) mass is 308 g/mol. The highest BCUT2D eigenvalue weighted by molar-refractivity contribution is 7.92. The first-order valence-corrected chi connectivity index (χ1v) is 8.49. The van der Waals surface area contributed by atoms with Crippen molar-refractivity contribution in [2.75, 3.05) is 12.9 Å². The maximum absolute atomic E-state index is 11.9. The molecule has 3 heterocycles. The molecule has 0 saturated carbocycles. The van der Waals surface area contributed by atoms with Gasteiger partial charge in [-0.2, -0.15) is 0 Å². The van der Waals surface area contributed by atoms with Gasteiger partial charge < -0.3 is 9.14 Å². The minimum atomic E-state index is -3.01. The van der Waals surface area contributed by atoms with Crippen LogP contribution in [-0.2, 0) is 21.0 Å². The first-order valence-electron chi connectivity index (χ1n) is 6.78. The summed E-state index contributed by atoms with van der Waals surface area (Å²) in [6.07, 6.45) is 5.13. The zero-order valence-electron chi connectivity index (χ0n) is 11.7. The van der Waals surface area contributed by atoms with Crippen molar-refractivity contribution in [2.45, 2.75) is 24.5 Å². The lowest BCUT2D eigenvalue weighted by Gasteiger charge is -2.09. The summed E-state index contributed by atoms with van der Waals surface area (Å²) in [5, 5.41) is -0.370. The fourth-order valence-electron chi connectivity index (χ4n) is 2.80. The van der Waals surface area contributed by atoms with E-state index in [1.54, 1.807) is 28.9 Å². The molecule has 21 heavy (non-hydrogen) atoms. The third-order valence-electron chi connectivity index (χ3n) is 3.93. The Balaban J connectivity index is 2.00. The van der Waals surface area contributed by atoms with E-state index in [0.29, 0.717) is 36.2 Å². The van der Waals surface area contributed by atoms with Gasteiger partial charge in [-0.1, -0.05) is 0 Å². The standard InChI is InChI=1S/C14H16N2O4S/c1-20-14(17)11-5-2-6-16-12(11)9-15-13(16)8-10-4-3-7-21(10,18)19/h2,5-6,9-10H,3-4,7-8H2,1H3. The first kappa shape index (κ1) is 14.1. The lowest BCUT2D eigenvalue weighted by Crippen LogP contribution is -2.20. The molecular formula is C14H16N2O4S. The number of nitrogens with zero attached hydrogens (tertiary/aromatic N) is 2. The molecule has 0 bridgehead atoms. The molecule has 2 aromatic rings. The van der Waals surface area contributed by atoms with Crippen molar-refractivity contribution in [2.24, 2.45) is 0 Å². The molecule has 112 valence electrons. The predicted molar refractivity (Wildman–Crippen MR) is 77.0 cm³/mol. The van der Waals surface area contributed by atoms with Crippen LogP contribution in [0.5, 0.6) is 0 Å². The summed E-state index contributed by atoms with van der Waals surface area (Å²) in [4.78, 5) is 16.0. The Labute approximate surface area is 122 Å². The Morgan fingerprint density at radius 3 is 3.00 bits per heavy atom. The van der Waals surface area contributed by atoms with Crippen LogP contribution in [0.4, 0.5) is 0 Å². The maximum Gasteiger partial charge on any atom is 0.340 e. The summed E-state index contributed by atoms with van der Waals surface area (Å²) in [5.41, 5.74) is 1.06. The Bertz CT molecular complexity index is 794. The first-order chi connectivity index (χ1) is 10.0. The van der Waals surface area contributed by atoms with Crippen LogP contribution in [0.3, 0.4) is 0 Å². The van der Waals surface area contributed by atoms with Gasteiger partial charge in [0.05, 0.1) is 35.4 Å². The van der Waals surface area contributed by atoms with Crippen LogP contribution in [0.1, 0.15) is 29.0 Å². The molecule has 1 aliphatic rings. The van der Waals surface area contributed by atoms with Crippen LogP contribution >= 0.6 is 0 Å². The predicted octanol–water partition coefficient (Wildman–Crippen LogP) is 1.24. The number of carbonyl (C=O) groups excluding carboxylic acids is 1. The van der Waals surface area contributed by atoms with Gasteiger partial charge in [0.15, 0.2) is 9.84 Å². The van der Waals surface area contributed by atoms with E-state index in [4.69, 9.17) is 4.74 Å². The van der Waals surface area contributed by atoms with E-state index in [0.717, 1.165) is 0 Å². The summed E-state index contributed by atoms with van der Waals surface area (Å²) in [5.74, 6) is 0.487. The molecule has 0 aromatic carbocycles. The largest absolute Gasteiger partial charge is 0.465 e. The second-order valence-electron chi connectivity index (χ2n) is 5.18. The van der Waals surface area contributed by atoms with Gasteiger partial charge in [-0.15, -0.1) is 0 Å². The summed E-state index contributed by atoms with van der Waals surface area (Å²) in [6.45, 7) is 0. The molecule has 7 heteroatoms. The number of rotatable bonds is 3. The third kappa shape index (κ3) is 2.42. The molecule has 1 aliphatic heterocycles. The van der Waals surface area contributed by atoms with Crippen molar-refractivity contribution in [1.82, 2.24) is 9.38 Å². The number of imidazole rings is 1. The van der Waals surface area contributed by atoms with Gasteiger partial charge in [0.2, 0.25) is 0 Å². The molecule has 1 unspecified atom stereocenters. The smallest absolute Gasteiger partial charge is 0.340 e. The van der Waals surface area contributed by atoms with Crippen LogP contribution in [0, 0.1) is 0 Å². The van der Waals surface area contributed by atoms with Gasteiger partial charge in [0.1, 0.15) is 5.82 Å². The van der Waals surface area contributed by atoms with Crippen LogP contribution in [0.25, 0.3) is 5.52 Å². The van der Waals surface area contributed by atoms with Gasteiger partial charge in [-0.25, -0.2) is 18.2 Å². The summed E-state index contributed by atoms with van der Waals surface area (Å²) >= 11 is 0. The van der Waals surface area contributed by atoms with E-state index >= 15 is 0 Å². The molecule has 3 rings (SSSR count). The van der Waals surface area contributed by atoms with E-state index in [-0.39, 0.29) is 11.0 Å². The number of hydrogen-bond donors (Lipinski definition) is 0. The number of aromatic nitrogens is 2. The molecule has 1 atom stereocenters. The number of ether oxygens (including phenoxy) is 1. The molecule has 2 aromatic heterocycles. The highest BCUT2D eigenvalue weighted by Gasteiger charge is 2.32. The number of esters is 1. The number of pyridine rings is 1. The van der Waals surface area contributed by atoms with E-state index in [2.05, 4.69) is 4.98 Å². The Hall–Kier alpha value is -1.89. The fraction of sp³-hybridized carbons (Fsp3) is 0.429. The second kappa shape index (κ2) is 5.14. The molecular weight excluding hydrogens is 292 g/mol. The van der Waals surface area contributed by atoms with E-state index < -0.39 is 15.8 Å². The van der Waals surface area contributed by atoms with Crippen LogP contribution in [0.2, 0.25) is 0 Å². The van der Waals surface area contributed by atoms with Gasteiger partial charge in [0, 0.05) is 12.6 Å². The Kier molecular flexibility index (Phi) is 3.44. The van der Waals surface area contributed by atoms with Crippen molar-refractivity contribution < 1.29 is 17.9 Å². The van der Waals surface area contributed by atoms with Crippen molar-refractivity contribution in [1.29, 1.82) is 0 Å². The molecule has 6 nitrogen and oxygen atoms in total. The average molecular weight is 308 g/mol. The van der Waals surface area contributed by atoms with E-state index in [9.17, 15) is 13.2 Å². The zero-order chi connectivity index (χ0) is 15.0. The number of methoxy groups -OCH3 is 1. The number of hydrogen-bond acceptors (Lipinski definition) is 5.